The number of rotatable bonds is 6. The van der Waals surface area contributed by atoms with Gasteiger partial charge < -0.3 is 15.4 Å². The van der Waals surface area contributed by atoms with Crippen LogP contribution in [0.3, 0.4) is 0 Å². The van der Waals surface area contributed by atoms with Crippen LogP contribution in [-0.2, 0) is 14.9 Å². The van der Waals surface area contributed by atoms with Gasteiger partial charge >= 0.3 is 0 Å². The van der Waals surface area contributed by atoms with E-state index in [0.717, 1.165) is 12.0 Å². The standard InChI is InChI=1S/C22H26N2O3/c1-2-14-23-20(25)18-10-6-7-11-19(18)24-21(26)22(12-15-27-16-13-22)17-8-4-3-5-9-17/h3-11H,2,12-16H2,1H3,(H,23,25)(H,24,26). The van der Waals surface area contributed by atoms with Crippen molar-refractivity contribution in [3.05, 3.63) is 65.7 Å². The molecule has 5 nitrogen and oxygen atoms in total. The molecule has 0 spiro atoms. The maximum atomic E-state index is 13.4. The summed E-state index contributed by atoms with van der Waals surface area (Å²) in [6, 6.07) is 17.0. The summed E-state index contributed by atoms with van der Waals surface area (Å²) in [6.45, 7) is 3.69. The number of carbonyl (C=O) groups is 2. The van der Waals surface area contributed by atoms with Crippen LogP contribution in [0.25, 0.3) is 0 Å². The van der Waals surface area contributed by atoms with Gasteiger partial charge in [-0.15, -0.1) is 0 Å². The lowest BCUT2D eigenvalue weighted by molar-refractivity contribution is -0.125. The third-order valence-corrected chi connectivity index (χ3v) is 5.06. The fourth-order valence-electron chi connectivity index (χ4n) is 3.49. The van der Waals surface area contributed by atoms with Crippen LogP contribution in [0.5, 0.6) is 0 Å². The minimum absolute atomic E-state index is 0.0901. The molecule has 1 fully saturated rings. The Hall–Kier alpha value is -2.66. The molecule has 3 rings (SSSR count). The van der Waals surface area contributed by atoms with Crippen molar-refractivity contribution < 1.29 is 14.3 Å². The number of benzene rings is 2. The third-order valence-electron chi connectivity index (χ3n) is 5.06. The van der Waals surface area contributed by atoms with E-state index >= 15 is 0 Å². The quantitative estimate of drug-likeness (QED) is 0.822. The van der Waals surface area contributed by atoms with Gasteiger partial charge in [0.05, 0.1) is 16.7 Å². The van der Waals surface area contributed by atoms with Gasteiger partial charge in [0.2, 0.25) is 5.91 Å². The molecule has 0 unspecified atom stereocenters. The molecule has 0 saturated carbocycles. The second-order valence-electron chi connectivity index (χ2n) is 6.82. The Labute approximate surface area is 160 Å². The summed E-state index contributed by atoms with van der Waals surface area (Å²) in [7, 11) is 0. The van der Waals surface area contributed by atoms with Gasteiger partial charge in [0.1, 0.15) is 0 Å². The van der Waals surface area contributed by atoms with E-state index in [1.54, 1.807) is 18.2 Å². The Kier molecular flexibility index (Phi) is 6.24. The molecule has 2 aromatic rings. The van der Waals surface area contributed by atoms with Crippen molar-refractivity contribution in [2.45, 2.75) is 31.6 Å². The Bertz CT molecular complexity index is 783. The van der Waals surface area contributed by atoms with Gasteiger partial charge in [0, 0.05) is 19.8 Å². The number of ether oxygens (including phenoxy) is 1. The zero-order chi connectivity index (χ0) is 19.1. The van der Waals surface area contributed by atoms with Crippen LogP contribution in [0.4, 0.5) is 5.69 Å². The second-order valence-corrected chi connectivity index (χ2v) is 6.82. The first-order valence-corrected chi connectivity index (χ1v) is 9.49. The van der Waals surface area contributed by atoms with E-state index in [9.17, 15) is 9.59 Å². The zero-order valence-electron chi connectivity index (χ0n) is 15.7. The number of anilines is 1. The van der Waals surface area contributed by atoms with Gasteiger partial charge in [-0.3, -0.25) is 9.59 Å². The van der Waals surface area contributed by atoms with Crippen LogP contribution >= 0.6 is 0 Å². The molecule has 142 valence electrons. The molecule has 2 aromatic carbocycles. The van der Waals surface area contributed by atoms with E-state index in [4.69, 9.17) is 4.74 Å². The lowest BCUT2D eigenvalue weighted by Gasteiger charge is -2.36. The molecule has 0 bridgehead atoms. The van der Waals surface area contributed by atoms with Gasteiger partial charge in [-0.2, -0.15) is 0 Å². The Morgan fingerprint density at radius 1 is 1.00 bits per heavy atom. The molecule has 1 aliphatic rings. The van der Waals surface area contributed by atoms with E-state index in [2.05, 4.69) is 10.6 Å². The Morgan fingerprint density at radius 3 is 2.37 bits per heavy atom. The van der Waals surface area contributed by atoms with Crippen LogP contribution in [-0.4, -0.2) is 31.6 Å². The lowest BCUT2D eigenvalue weighted by Crippen LogP contribution is -2.45. The molecule has 2 amide bonds. The maximum absolute atomic E-state index is 13.4. The van der Waals surface area contributed by atoms with Crippen molar-refractivity contribution in [1.29, 1.82) is 0 Å². The SMILES string of the molecule is CCCNC(=O)c1ccccc1NC(=O)C1(c2ccccc2)CCOCC1. The molecule has 0 aromatic heterocycles. The van der Waals surface area contributed by atoms with Gasteiger partial charge in [-0.1, -0.05) is 49.4 Å². The topological polar surface area (TPSA) is 67.4 Å². The smallest absolute Gasteiger partial charge is 0.253 e. The minimum atomic E-state index is -0.646. The first kappa shape index (κ1) is 19.1. The van der Waals surface area contributed by atoms with Gasteiger partial charge in [-0.05, 0) is 37.0 Å². The van der Waals surface area contributed by atoms with Crippen molar-refractivity contribution in [3.63, 3.8) is 0 Å². The van der Waals surface area contributed by atoms with Crippen molar-refractivity contribution in [2.24, 2.45) is 0 Å². The Balaban J connectivity index is 1.88. The van der Waals surface area contributed by atoms with Crippen molar-refractivity contribution in [3.8, 4) is 0 Å². The highest BCUT2D eigenvalue weighted by Crippen LogP contribution is 2.36. The molecule has 27 heavy (non-hydrogen) atoms. The summed E-state index contributed by atoms with van der Waals surface area (Å²) in [6.07, 6.45) is 2.09. The largest absolute Gasteiger partial charge is 0.381 e. The van der Waals surface area contributed by atoms with Crippen LogP contribution in [0.15, 0.2) is 54.6 Å². The van der Waals surface area contributed by atoms with Crippen molar-refractivity contribution >= 4 is 17.5 Å². The number of hydrogen-bond donors (Lipinski definition) is 2. The molecule has 2 N–H and O–H groups in total. The molecule has 0 radical (unpaired) electrons. The summed E-state index contributed by atoms with van der Waals surface area (Å²) >= 11 is 0. The third kappa shape index (κ3) is 4.19. The van der Waals surface area contributed by atoms with Gasteiger partial charge in [0.15, 0.2) is 0 Å². The number of amides is 2. The summed E-state index contributed by atoms with van der Waals surface area (Å²) < 4.78 is 5.51. The van der Waals surface area contributed by atoms with E-state index in [1.165, 1.54) is 0 Å². The van der Waals surface area contributed by atoms with Crippen LogP contribution in [0.1, 0.15) is 42.1 Å². The highest BCUT2D eigenvalue weighted by Gasteiger charge is 2.41. The minimum Gasteiger partial charge on any atom is -0.381 e. The molecular weight excluding hydrogens is 340 g/mol. The average Bonchev–Trinajstić information content (AvgIpc) is 2.73. The highest BCUT2D eigenvalue weighted by molar-refractivity contribution is 6.06. The fraction of sp³-hybridized carbons (Fsp3) is 0.364. The first-order chi connectivity index (χ1) is 13.2. The molecule has 1 aliphatic heterocycles. The number of carbonyl (C=O) groups excluding carboxylic acids is 2. The average molecular weight is 366 g/mol. The normalized spacial score (nSPS) is 15.7. The van der Waals surface area contributed by atoms with Gasteiger partial charge in [0.25, 0.3) is 5.91 Å². The molecule has 0 atom stereocenters. The van der Waals surface area contributed by atoms with E-state index in [0.29, 0.717) is 43.9 Å². The predicted molar refractivity (Wildman–Crippen MR) is 106 cm³/mol. The number of para-hydroxylation sites is 1. The fourth-order valence-corrected chi connectivity index (χ4v) is 3.49. The predicted octanol–water partition coefficient (Wildman–Crippen LogP) is 3.51. The van der Waals surface area contributed by atoms with Crippen LogP contribution in [0.2, 0.25) is 0 Å². The van der Waals surface area contributed by atoms with Crippen molar-refractivity contribution in [2.75, 3.05) is 25.1 Å². The highest BCUT2D eigenvalue weighted by atomic mass is 16.5. The van der Waals surface area contributed by atoms with Crippen molar-refractivity contribution in [1.82, 2.24) is 5.32 Å². The molecular formula is C22H26N2O3. The number of hydrogen-bond acceptors (Lipinski definition) is 3. The Morgan fingerprint density at radius 2 is 1.67 bits per heavy atom. The second kappa shape index (κ2) is 8.82. The van der Waals surface area contributed by atoms with E-state index in [1.807, 2.05) is 43.3 Å². The molecule has 0 aliphatic carbocycles. The van der Waals surface area contributed by atoms with E-state index in [-0.39, 0.29) is 11.8 Å². The summed E-state index contributed by atoms with van der Waals surface area (Å²) in [5, 5.41) is 5.89. The van der Waals surface area contributed by atoms with Crippen LogP contribution in [0, 0.1) is 0 Å². The molecule has 1 heterocycles. The zero-order valence-corrected chi connectivity index (χ0v) is 15.7. The lowest BCUT2D eigenvalue weighted by atomic mass is 9.73. The van der Waals surface area contributed by atoms with Gasteiger partial charge in [-0.25, -0.2) is 0 Å². The van der Waals surface area contributed by atoms with E-state index < -0.39 is 5.41 Å². The summed E-state index contributed by atoms with van der Waals surface area (Å²) in [5.41, 5.74) is 1.36. The van der Waals surface area contributed by atoms with Crippen LogP contribution < -0.4 is 10.6 Å². The summed E-state index contributed by atoms with van der Waals surface area (Å²) in [4.78, 5) is 25.8. The monoisotopic (exact) mass is 366 g/mol. The summed E-state index contributed by atoms with van der Waals surface area (Å²) in [5.74, 6) is -0.263. The molecule has 5 heteroatoms. The first-order valence-electron chi connectivity index (χ1n) is 9.49. The molecule has 1 saturated heterocycles. The maximum Gasteiger partial charge on any atom is 0.253 e. The number of nitrogens with one attached hydrogen (secondary N) is 2.